The minimum Gasteiger partial charge on any atom is -0.496 e. The highest BCUT2D eigenvalue weighted by Crippen LogP contribution is 2.50. The highest BCUT2D eigenvalue weighted by molar-refractivity contribution is 5.85. The van der Waals surface area contributed by atoms with Crippen molar-refractivity contribution in [3.05, 3.63) is 64.7 Å². The molecule has 3 atom stereocenters. The Balaban J connectivity index is 0.00000193. The first-order chi connectivity index (χ1) is 14.8. The molecule has 4 nitrogen and oxygen atoms in total. The van der Waals surface area contributed by atoms with E-state index in [1.54, 1.807) is 19.2 Å². The molecule has 9 heteroatoms. The summed E-state index contributed by atoms with van der Waals surface area (Å²) in [5.41, 5.74) is 3.73. The zero-order valence-corrected chi connectivity index (χ0v) is 20.6. The number of halogens is 5. The van der Waals surface area contributed by atoms with E-state index >= 15 is 0 Å². The van der Waals surface area contributed by atoms with Crippen molar-refractivity contribution in [1.82, 2.24) is 10.4 Å². The Labute approximate surface area is 205 Å². The van der Waals surface area contributed by atoms with Gasteiger partial charge in [-0.3, -0.25) is 5.43 Å². The van der Waals surface area contributed by atoms with Gasteiger partial charge in [0.15, 0.2) is 5.60 Å². The molecule has 2 aliphatic rings. The number of piperidine rings is 1. The standard InChI is InChI=1S/C24H29F3N2O2.2ClH/c1-23(24(25,26)27)20-15-19(21(30-3)14-17(20)11-13-31-23)18-10-7-12-29(28-2)22(18)16-8-5-4-6-9-16;;/h4-6,8-9,14-15,18,22,28H,7,10-13H2,1-3H3;2*1H/t18-,22+,23+;;/m0../s1. The molecule has 0 radical (unpaired) electrons. The molecule has 4 rings (SSSR count). The Morgan fingerprint density at radius 2 is 1.85 bits per heavy atom. The Hall–Kier alpha value is -1.51. The monoisotopic (exact) mass is 506 g/mol. The Bertz CT molecular complexity index is 930. The third kappa shape index (κ3) is 4.98. The van der Waals surface area contributed by atoms with Crippen LogP contribution in [0.3, 0.4) is 0 Å². The normalized spacial score (nSPS) is 25.4. The first kappa shape index (κ1) is 27.7. The number of hydrazine groups is 1. The lowest BCUT2D eigenvalue weighted by Crippen LogP contribution is -2.46. The predicted molar refractivity (Wildman–Crippen MR) is 127 cm³/mol. The summed E-state index contributed by atoms with van der Waals surface area (Å²) >= 11 is 0. The number of alkyl halides is 3. The highest BCUT2D eigenvalue weighted by Gasteiger charge is 2.56. The van der Waals surface area contributed by atoms with Crippen molar-refractivity contribution in [2.45, 2.75) is 49.9 Å². The van der Waals surface area contributed by atoms with E-state index < -0.39 is 11.8 Å². The van der Waals surface area contributed by atoms with Crippen molar-refractivity contribution in [1.29, 1.82) is 0 Å². The predicted octanol–water partition coefficient (Wildman–Crippen LogP) is 5.94. The van der Waals surface area contributed by atoms with Gasteiger partial charge in [0, 0.05) is 12.5 Å². The van der Waals surface area contributed by atoms with Crippen LogP contribution in [0.2, 0.25) is 0 Å². The first-order valence-corrected chi connectivity index (χ1v) is 10.7. The van der Waals surface area contributed by atoms with Crippen LogP contribution in [-0.2, 0) is 16.8 Å². The van der Waals surface area contributed by atoms with Crippen molar-refractivity contribution < 1.29 is 22.6 Å². The summed E-state index contributed by atoms with van der Waals surface area (Å²) in [5.74, 6) is 0.623. The van der Waals surface area contributed by atoms with Gasteiger partial charge in [-0.2, -0.15) is 13.2 Å². The summed E-state index contributed by atoms with van der Waals surface area (Å²) in [5, 5.41) is 2.17. The van der Waals surface area contributed by atoms with Gasteiger partial charge in [-0.1, -0.05) is 30.3 Å². The van der Waals surface area contributed by atoms with Crippen LogP contribution in [0.1, 0.15) is 54.0 Å². The SMILES string of the molecule is CNN1CCC[C@@H](c2cc3c(cc2OC)CCO[C@@]3(C)C(F)(F)F)[C@H]1c1ccccc1.Cl.Cl. The summed E-state index contributed by atoms with van der Waals surface area (Å²) in [7, 11) is 3.47. The lowest BCUT2D eigenvalue weighted by atomic mass is 9.77. The van der Waals surface area contributed by atoms with Crippen molar-refractivity contribution in [2.24, 2.45) is 0 Å². The molecule has 0 aromatic heterocycles. The fourth-order valence-corrected chi connectivity index (χ4v) is 5.07. The molecule has 1 N–H and O–H groups in total. The molecular weight excluding hydrogens is 476 g/mol. The lowest BCUT2D eigenvalue weighted by Gasteiger charge is -2.43. The molecule has 33 heavy (non-hydrogen) atoms. The zero-order valence-electron chi connectivity index (χ0n) is 18.9. The van der Waals surface area contributed by atoms with Crippen LogP contribution in [0.25, 0.3) is 0 Å². The summed E-state index contributed by atoms with van der Waals surface area (Å²) in [4.78, 5) is 0. The fraction of sp³-hybridized carbons (Fsp3) is 0.500. The second-order valence-corrected chi connectivity index (χ2v) is 8.40. The van der Waals surface area contributed by atoms with Crippen LogP contribution >= 0.6 is 24.8 Å². The highest BCUT2D eigenvalue weighted by atomic mass is 35.5. The summed E-state index contributed by atoms with van der Waals surface area (Å²) in [6, 6.07) is 13.6. The van der Waals surface area contributed by atoms with Gasteiger partial charge in [0.05, 0.1) is 19.8 Å². The van der Waals surface area contributed by atoms with E-state index in [9.17, 15) is 13.2 Å². The molecule has 0 amide bonds. The number of nitrogens with zero attached hydrogens (tertiary/aromatic N) is 1. The molecule has 0 saturated carbocycles. The smallest absolute Gasteiger partial charge is 0.421 e. The Kier molecular flexibility index (Phi) is 9.10. The number of ether oxygens (including phenoxy) is 2. The largest absolute Gasteiger partial charge is 0.496 e. The zero-order chi connectivity index (χ0) is 22.2. The molecule has 2 aliphatic heterocycles. The molecule has 0 aliphatic carbocycles. The van der Waals surface area contributed by atoms with E-state index in [1.165, 1.54) is 0 Å². The van der Waals surface area contributed by atoms with Gasteiger partial charge in [0.2, 0.25) is 0 Å². The molecule has 2 aromatic carbocycles. The number of methoxy groups -OCH3 is 1. The molecule has 0 spiro atoms. The van der Waals surface area contributed by atoms with Crippen molar-refractivity contribution in [3.63, 3.8) is 0 Å². The van der Waals surface area contributed by atoms with E-state index in [1.807, 2.05) is 25.2 Å². The van der Waals surface area contributed by atoms with E-state index in [0.717, 1.165) is 37.4 Å². The second kappa shape index (κ2) is 10.8. The van der Waals surface area contributed by atoms with Gasteiger partial charge in [0.1, 0.15) is 5.75 Å². The quantitative estimate of drug-likeness (QED) is 0.555. The second-order valence-electron chi connectivity index (χ2n) is 8.40. The Morgan fingerprint density at radius 1 is 1.15 bits per heavy atom. The van der Waals surface area contributed by atoms with Gasteiger partial charge in [-0.15, -0.1) is 24.8 Å². The van der Waals surface area contributed by atoms with Gasteiger partial charge >= 0.3 is 6.18 Å². The third-order valence-electron chi connectivity index (χ3n) is 6.73. The number of nitrogens with one attached hydrogen (secondary N) is 1. The average molecular weight is 507 g/mol. The van der Waals surface area contributed by atoms with E-state index in [2.05, 4.69) is 22.6 Å². The maximum Gasteiger partial charge on any atom is 0.421 e. The number of hydrogen-bond donors (Lipinski definition) is 1. The molecule has 0 bridgehead atoms. The van der Waals surface area contributed by atoms with Gasteiger partial charge in [-0.25, -0.2) is 5.01 Å². The summed E-state index contributed by atoms with van der Waals surface area (Å²) < 4.78 is 53.2. The van der Waals surface area contributed by atoms with Crippen LogP contribution in [0.15, 0.2) is 42.5 Å². The molecule has 1 fully saturated rings. The van der Waals surface area contributed by atoms with Crippen molar-refractivity contribution >= 4 is 24.8 Å². The maximum atomic E-state index is 14.0. The summed E-state index contributed by atoms with van der Waals surface area (Å²) in [6.45, 7) is 2.04. The van der Waals surface area contributed by atoms with E-state index in [4.69, 9.17) is 9.47 Å². The molecule has 2 heterocycles. The van der Waals surface area contributed by atoms with Crippen LogP contribution < -0.4 is 10.2 Å². The van der Waals surface area contributed by atoms with Crippen LogP contribution in [0, 0.1) is 0 Å². The van der Waals surface area contributed by atoms with Crippen LogP contribution in [0.4, 0.5) is 13.2 Å². The first-order valence-electron chi connectivity index (χ1n) is 10.7. The van der Waals surface area contributed by atoms with E-state index in [0.29, 0.717) is 17.7 Å². The van der Waals surface area contributed by atoms with Gasteiger partial charge in [-0.05, 0) is 67.6 Å². The number of fused-ring (bicyclic) bond motifs is 1. The number of benzene rings is 2. The topological polar surface area (TPSA) is 33.7 Å². The van der Waals surface area contributed by atoms with Gasteiger partial charge < -0.3 is 9.47 Å². The average Bonchev–Trinajstić information content (AvgIpc) is 2.77. The number of hydrogen-bond acceptors (Lipinski definition) is 4. The van der Waals surface area contributed by atoms with Crippen LogP contribution in [0.5, 0.6) is 5.75 Å². The van der Waals surface area contributed by atoms with Crippen molar-refractivity contribution in [2.75, 3.05) is 27.3 Å². The fourth-order valence-electron chi connectivity index (χ4n) is 5.07. The molecular formula is C24H31Cl2F3N2O2. The molecule has 1 saturated heterocycles. The minimum atomic E-state index is -4.50. The molecule has 0 unspecified atom stereocenters. The maximum absolute atomic E-state index is 14.0. The Morgan fingerprint density at radius 3 is 2.45 bits per heavy atom. The lowest BCUT2D eigenvalue weighted by molar-refractivity contribution is -0.281. The van der Waals surface area contributed by atoms with Crippen molar-refractivity contribution in [3.8, 4) is 5.75 Å². The van der Waals surface area contributed by atoms with Crippen LogP contribution in [-0.4, -0.2) is 38.5 Å². The summed E-state index contributed by atoms with van der Waals surface area (Å²) in [6.07, 6.45) is -2.28. The molecule has 2 aromatic rings. The number of rotatable bonds is 4. The minimum absolute atomic E-state index is 0. The van der Waals surface area contributed by atoms with Gasteiger partial charge in [0.25, 0.3) is 0 Å². The molecule has 184 valence electrons. The third-order valence-corrected chi connectivity index (χ3v) is 6.73. The van der Waals surface area contributed by atoms with E-state index in [-0.39, 0.29) is 48.9 Å².